The Balaban J connectivity index is 1.94. The third kappa shape index (κ3) is 4.71. The zero-order chi connectivity index (χ0) is 22.1. The summed E-state index contributed by atoms with van der Waals surface area (Å²) < 4.78 is 46.4. The van der Waals surface area contributed by atoms with Gasteiger partial charge in [0.1, 0.15) is 5.75 Å². The van der Waals surface area contributed by atoms with Crippen LogP contribution in [0.15, 0.2) is 36.4 Å². The summed E-state index contributed by atoms with van der Waals surface area (Å²) in [6.07, 6.45) is -2.81. The molecule has 2 aromatic rings. The van der Waals surface area contributed by atoms with Crippen molar-refractivity contribution in [2.24, 2.45) is 0 Å². The SMILES string of the molecule is COc1ccc(C(C)(C)C)cc1NC(=O)c1ccc(N2CCCC2)c(C(F)(F)F)c1. The first kappa shape index (κ1) is 22.0. The first-order chi connectivity index (χ1) is 14.0. The maximum atomic E-state index is 13.7. The van der Waals surface area contributed by atoms with Crippen molar-refractivity contribution in [3.05, 3.63) is 53.1 Å². The van der Waals surface area contributed by atoms with Gasteiger partial charge in [0.05, 0.1) is 18.4 Å². The van der Waals surface area contributed by atoms with E-state index < -0.39 is 17.6 Å². The number of rotatable bonds is 4. The predicted molar refractivity (Wildman–Crippen MR) is 113 cm³/mol. The van der Waals surface area contributed by atoms with E-state index in [4.69, 9.17) is 4.74 Å². The number of halogens is 3. The monoisotopic (exact) mass is 420 g/mol. The third-order valence-electron chi connectivity index (χ3n) is 5.32. The van der Waals surface area contributed by atoms with E-state index in [0.717, 1.165) is 24.5 Å². The van der Waals surface area contributed by atoms with E-state index in [0.29, 0.717) is 24.5 Å². The number of carbonyl (C=O) groups is 1. The molecular weight excluding hydrogens is 393 g/mol. The van der Waals surface area contributed by atoms with Crippen LogP contribution >= 0.6 is 0 Å². The van der Waals surface area contributed by atoms with Crippen LogP contribution in [0.1, 0.15) is 55.1 Å². The molecule has 1 aliphatic rings. The van der Waals surface area contributed by atoms with Gasteiger partial charge < -0.3 is 15.0 Å². The van der Waals surface area contributed by atoms with Gasteiger partial charge in [-0.25, -0.2) is 0 Å². The van der Waals surface area contributed by atoms with Gasteiger partial charge in [-0.2, -0.15) is 13.2 Å². The number of hydrogen-bond donors (Lipinski definition) is 1. The highest BCUT2D eigenvalue weighted by Crippen LogP contribution is 2.39. The zero-order valence-electron chi connectivity index (χ0n) is 17.7. The predicted octanol–water partition coefficient (Wildman–Crippen LogP) is 5.86. The molecular formula is C23H27F3N2O2. The number of carbonyl (C=O) groups excluding carboxylic acids is 1. The van der Waals surface area contributed by atoms with Crippen LogP contribution in [0.4, 0.5) is 24.5 Å². The lowest BCUT2D eigenvalue weighted by Crippen LogP contribution is -2.23. The molecule has 0 aliphatic carbocycles. The van der Waals surface area contributed by atoms with Crippen molar-refractivity contribution in [1.29, 1.82) is 0 Å². The van der Waals surface area contributed by atoms with Crippen molar-refractivity contribution in [3.8, 4) is 5.75 Å². The first-order valence-electron chi connectivity index (χ1n) is 9.97. The quantitative estimate of drug-likeness (QED) is 0.673. The van der Waals surface area contributed by atoms with Gasteiger partial charge in [-0.05, 0) is 54.2 Å². The summed E-state index contributed by atoms with van der Waals surface area (Å²) in [6.45, 7) is 7.28. The fourth-order valence-electron chi connectivity index (χ4n) is 3.60. The molecule has 3 rings (SSSR count). The highest BCUT2D eigenvalue weighted by Gasteiger charge is 2.36. The maximum Gasteiger partial charge on any atom is 0.418 e. The Labute approximate surface area is 175 Å². The van der Waals surface area contributed by atoms with Crippen molar-refractivity contribution < 1.29 is 22.7 Å². The molecule has 0 aromatic heterocycles. The van der Waals surface area contributed by atoms with Crippen molar-refractivity contribution >= 4 is 17.3 Å². The molecule has 0 atom stereocenters. The Hall–Kier alpha value is -2.70. The Morgan fingerprint density at radius 1 is 1.03 bits per heavy atom. The topological polar surface area (TPSA) is 41.6 Å². The number of ether oxygens (including phenoxy) is 1. The van der Waals surface area contributed by atoms with Crippen molar-refractivity contribution in [1.82, 2.24) is 0 Å². The first-order valence-corrected chi connectivity index (χ1v) is 9.97. The average Bonchev–Trinajstić information content (AvgIpc) is 3.20. The van der Waals surface area contributed by atoms with Crippen molar-refractivity contribution in [3.63, 3.8) is 0 Å². The molecule has 0 radical (unpaired) electrons. The Morgan fingerprint density at radius 2 is 1.70 bits per heavy atom. The van der Waals surface area contributed by atoms with Crippen LogP contribution in [-0.2, 0) is 11.6 Å². The largest absolute Gasteiger partial charge is 0.495 e. The van der Waals surface area contributed by atoms with Crippen LogP contribution in [0.3, 0.4) is 0 Å². The van der Waals surface area contributed by atoms with E-state index in [2.05, 4.69) is 5.32 Å². The van der Waals surface area contributed by atoms with Crippen molar-refractivity contribution in [2.45, 2.75) is 45.2 Å². The zero-order valence-corrected chi connectivity index (χ0v) is 17.7. The lowest BCUT2D eigenvalue weighted by Gasteiger charge is -2.23. The standard InChI is InChI=1S/C23H27F3N2O2/c1-22(2,3)16-8-10-20(30-4)18(14-16)27-21(29)15-7-9-19(28-11-5-6-12-28)17(13-15)23(24,25)26/h7-10,13-14H,5-6,11-12H2,1-4H3,(H,27,29). The van der Waals surface area contributed by atoms with Crippen LogP contribution < -0.4 is 15.0 Å². The smallest absolute Gasteiger partial charge is 0.418 e. The van der Waals surface area contributed by atoms with Crippen LogP contribution in [0.2, 0.25) is 0 Å². The fraction of sp³-hybridized carbons (Fsp3) is 0.435. The lowest BCUT2D eigenvalue weighted by atomic mass is 9.87. The molecule has 0 unspecified atom stereocenters. The van der Waals surface area contributed by atoms with Crippen LogP contribution in [-0.4, -0.2) is 26.1 Å². The van der Waals surface area contributed by atoms with Crippen LogP contribution in [0.25, 0.3) is 0 Å². The maximum absolute atomic E-state index is 13.7. The highest BCUT2D eigenvalue weighted by molar-refractivity contribution is 6.05. The summed E-state index contributed by atoms with van der Waals surface area (Å²) in [5.41, 5.74) is 0.530. The second-order valence-electron chi connectivity index (χ2n) is 8.54. The van der Waals surface area contributed by atoms with Gasteiger partial charge in [0, 0.05) is 24.3 Å². The Morgan fingerprint density at radius 3 is 2.27 bits per heavy atom. The highest BCUT2D eigenvalue weighted by atomic mass is 19.4. The summed E-state index contributed by atoms with van der Waals surface area (Å²) in [5.74, 6) is -0.168. The molecule has 1 aliphatic heterocycles. The minimum atomic E-state index is -4.54. The third-order valence-corrected chi connectivity index (χ3v) is 5.32. The second kappa shape index (κ2) is 8.20. The molecule has 1 N–H and O–H groups in total. The number of nitrogens with one attached hydrogen (secondary N) is 1. The number of alkyl halides is 3. The van der Waals surface area contributed by atoms with Gasteiger partial charge in [-0.3, -0.25) is 4.79 Å². The molecule has 1 heterocycles. The van der Waals surface area contributed by atoms with E-state index in [1.54, 1.807) is 17.0 Å². The molecule has 30 heavy (non-hydrogen) atoms. The number of methoxy groups -OCH3 is 1. The molecule has 0 spiro atoms. The minimum Gasteiger partial charge on any atom is -0.495 e. The second-order valence-corrected chi connectivity index (χ2v) is 8.54. The number of hydrogen-bond acceptors (Lipinski definition) is 3. The van der Waals surface area contributed by atoms with E-state index >= 15 is 0 Å². The molecule has 2 aromatic carbocycles. The molecule has 7 heteroatoms. The normalized spacial score (nSPS) is 14.7. The number of anilines is 2. The minimum absolute atomic E-state index is 0.0477. The van der Waals surface area contributed by atoms with Crippen LogP contribution in [0.5, 0.6) is 5.75 Å². The van der Waals surface area contributed by atoms with Gasteiger partial charge in [0.25, 0.3) is 5.91 Å². The fourth-order valence-corrected chi connectivity index (χ4v) is 3.60. The van der Waals surface area contributed by atoms with E-state index in [9.17, 15) is 18.0 Å². The molecule has 0 bridgehead atoms. The number of nitrogens with zero attached hydrogens (tertiary/aromatic N) is 1. The van der Waals surface area contributed by atoms with Crippen molar-refractivity contribution in [2.75, 3.05) is 30.4 Å². The Bertz CT molecular complexity index is 927. The van der Waals surface area contributed by atoms with Gasteiger partial charge in [0.2, 0.25) is 0 Å². The molecule has 162 valence electrons. The molecule has 4 nitrogen and oxygen atoms in total. The van der Waals surface area contributed by atoms with Gasteiger partial charge in [0.15, 0.2) is 0 Å². The summed E-state index contributed by atoms with van der Waals surface area (Å²) in [6, 6.07) is 9.21. The van der Waals surface area contributed by atoms with Gasteiger partial charge >= 0.3 is 6.18 Å². The summed E-state index contributed by atoms with van der Waals surface area (Å²) in [4.78, 5) is 14.5. The van der Waals surface area contributed by atoms with E-state index in [1.807, 2.05) is 26.8 Å². The van der Waals surface area contributed by atoms with E-state index in [1.165, 1.54) is 19.2 Å². The summed E-state index contributed by atoms with van der Waals surface area (Å²) in [5, 5.41) is 2.71. The molecule has 0 saturated carbocycles. The van der Waals surface area contributed by atoms with E-state index in [-0.39, 0.29) is 16.7 Å². The molecule has 1 saturated heterocycles. The van der Waals surface area contributed by atoms with Crippen LogP contribution in [0, 0.1) is 0 Å². The van der Waals surface area contributed by atoms with Gasteiger partial charge in [-0.1, -0.05) is 26.8 Å². The molecule has 1 fully saturated rings. The van der Waals surface area contributed by atoms with Gasteiger partial charge in [-0.15, -0.1) is 0 Å². The lowest BCUT2D eigenvalue weighted by molar-refractivity contribution is -0.137. The average molecular weight is 420 g/mol. The number of benzene rings is 2. The number of amides is 1. The summed E-state index contributed by atoms with van der Waals surface area (Å²) >= 11 is 0. The summed E-state index contributed by atoms with van der Waals surface area (Å²) in [7, 11) is 1.48. The molecule has 1 amide bonds. The Kier molecular flexibility index (Phi) is 6.01.